The van der Waals surface area contributed by atoms with Crippen molar-refractivity contribution in [2.75, 3.05) is 25.0 Å². The van der Waals surface area contributed by atoms with Crippen molar-refractivity contribution in [1.82, 2.24) is 15.6 Å². The maximum atomic E-state index is 12.3. The molecule has 1 heterocycles. The number of aliphatic imine (C=N–C) groups is 1. The van der Waals surface area contributed by atoms with Gasteiger partial charge >= 0.3 is 5.97 Å². The summed E-state index contributed by atoms with van der Waals surface area (Å²) in [6, 6.07) is 7.56. The van der Waals surface area contributed by atoms with E-state index in [-0.39, 0.29) is 24.5 Å². The second kappa shape index (κ2) is 12.0. The second-order valence-electron chi connectivity index (χ2n) is 6.85. The maximum Gasteiger partial charge on any atom is 0.350 e. The lowest BCUT2D eigenvalue weighted by Gasteiger charge is -2.16. The summed E-state index contributed by atoms with van der Waals surface area (Å²) in [5, 5.41) is 9.98. The van der Waals surface area contributed by atoms with Gasteiger partial charge in [-0.05, 0) is 51.8 Å². The summed E-state index contributed by atoms with van der Waals surface area (Å²) in [7, 11) is 0. The van der Waals surface area contributed by atoms with Crippen LogP contribution in [0.5, 0.6) is 0 Å². The Morgan fingerprint density at radius 1 is 1.26 bits per heavy atom. The van der Waals surface area contributed by atoms with Crippen LogP contribution < -0.4 is 16.0 Å². The van der Waals surface area contributed by atoms with Gasteiger partial charge in [0.25, 0.3) is 0 Å². The first kappa shape index (κ1) is 24.3. The molecule has 0 aliphatic heterocycles. The van der Waals surface area contributed by atoms with Gasteiger partial charge in [0.15, 0.2) is 5.96 Å². The first-order valence-electron chi connectivity index (χ1n) is 10.5. The normalized spacial score (nSPS) is 12.2. The number of rotatable bonds is 9. The van der Waals surface area contributed by atoms with E-state index in [2.05, 4.69) is 32.9 Å². The number of aromatic nitrogens is 1. The van der Waals surface area contributed by atoms with Gasteiger partial charge in [-0.2, -0.15) is 0 Å². The summed E-state index contributed by atoms with van der Waals surface area (Å²) < 4.78 is 5.08. The molecule has 0 saturated heterocycles. The number of amides is 1. The van der Waals surface area contributed by atoms with Crippen molar-refractivity contribution in [2.24, 2.45) is 4.99 Å². The lowest BCUT2D eigenvalue weighted by molar-refractivity contribution is -0.114. The molecule has 0 aliphatic rings. The van der Waals surface area contributed by atoms with Crippen molar-refractivity contribution in [2.45, 2.75) is 47.1 Å². The minimum absolute atomic E-state index is 0.0244. The standard InChI is InChI=1S/C22H31N5O3S/c1-6-16-10-9-11-17(12-16)27-18(28)13-24-22(23-7-2)26-15(5)20-25-14(4)19(31-20)21(29)30-8-3/h9-12,15H,6-8,13H2,1-5H3,(H,27,28)(H2,23,24,26). The van der Waals surface area contributed by atoms with Crippen LogP contribution in [-0.2, 0) is 16.0 Å². The van der Waals surface area contributed by atoms with Gasteiger partial charge < -0.3 is 20.7 Å². The number of anilines is 1. The van der Waals surface area contributed by atoms with Crippen LogP contribution in [0.15, 0.2) is 29.3 Å². The van der Waals surface area contributed by atoms with Crippen molar-refractivity contribution < 1.29 is 14.3 Å². The monoisotopic (exact) mass is 445 g/mol. The summed E-state index contributed by atoms with van der Waals surface area (Å²) in [6.07, 6.45) is 0.905. The van der Waals surface area contributed by atoms with Crippen molar-refractivity contribution in [3.63, 3.8) is 0 Å². The molecule has 0 fully saturated rings. The third-order valence-electron chi connectivity index (χ3n) is 4.34. The average molecular weight is 446 g/mol. The molecule has 1 atom stereocenters. The predicted molar refractivity (Wildman–Crippen MR) is 125 cm³/mol. The summed E-state index contributed by atoms with van der Waals surface area (Å²) >= 11 is 1.30. The highest BCUT2D eigenvalue weighted by Crippen LogP contribution is 2.24. The zero-order valence-electron chi connectivity index (χ0n) is 18.7. The van der Waals surface area contributed by atoms with Crippen molar-refractivity contribution >= 4 is 34.9 Å². The Morgan fingerprint density at radius 2 is 2.03 bits per heavy atom. The number of benzene rings is 1. The molecule has 1 unspecified atom stereocenters. The van der Waals surface area contributed by atoms with Gasteiger partial charge in [0.05, 0.1) is 18.3 Å². The summed E-state index contributed by atoms with van der Waals surface area (Å²) in [6.45, 7) is 10.4. The third-order valence-corrected chi connectivity index (χ3v) is 5.66. The van der Waals surface area contributed by atoms with Crippen LogP contribution >= 0.6 is 11.3 Å². The van der Waals surface area contributed by atoms with Gasteiger partial charge in [-0.25, -0.2) is 14.8 Å². The largest absolute Gasteiger partial charge is 0.462 e. The molecule has 168 valence electrons. The molecule has 1 amide bonds. The Hall–Kier alpha value is -2.94. The SMILES string of the molecule is CCNC(=NCC(=O)Nc1cccc(CC)c1)NC(C)c1nc(C)c(C(=O)OCC)s1. The van der Waals surface area contributed by atoms with Crippen LogP contribution in [0, 0.1) is 6.92 Å². The molecule has 0 aliphatic carbocycles. The summed E-state index contributed by atoms with van der Waals surface area (Å²) in [4.78, 5) is 33.7. The van der Waals surface area contributed by atoms with Crippen LogP contribution in [0.2, 0.25) is 0 Å². The van der Waals surface area contributed by atoms with E-state index in [1.165, 1.54) is 11.3 Å². The lowest BCUT2D eigenvalue weighted by Crippen LogP contribution is -2.39. The smallest absolute Gasteiger partial charge is 0.350 e. The molecular weight excluding hydrogens is 414 g/mol. The quantitative estimate of drug-likeness (QED) is 0.310. The highest BCUT2D eigenvalue weighted by molar-refractivity contribution is 7.13. The number of hydrogen-bond acceptors (Lipinski definition) is 6. The molecule has 8 nitrogen and oxygen atoms in total. The molecule has 1 aromatic heterocycles. The van der Waals surface area contributed by atoms with Gasteiger partial charge in [0.2, 0.25) is 5.91 Å². The number of nitrogens with one attached hydrogen (secondary N) is 3. The predicted octanol–water partition coefficient (Wildman–Crippen LogP) is 3.45. The average Bonchev–Trinajstić information content (AvgIpc) is 3.14. The van der Waals surface area contributed by atoms with Crippen LogP contribution in [0.1, 0.15) is 59.7 Å². The van der Waals surface area contributed by atoms with Crippen molar-refractivity contribution in [3.8, 4) is 0 Å². The zero-order chi connectivity index (χ0) is 22.8. The summed E-state index contributed by atoms with van der Waals surface area (Å²) in [5.74, 6) is -0.0638. The maximum absolute atomic E-state index is 12.3. The summed E-state index contributed by atoms with van der Waals surface area (Å²) in [5.41, 5.74) is 2.56. The number of ether oxygens (including phenoxy) is 1. The van der Waals surface area contributed by atoms with Gasteiger partial charge in [-0.1, -0.05) is 19.1 Å². The van der Waals surface area contributed by atoms with E-state index in [4.69, 9.17) is 4.74 Å². The molecule has 0 saturated carbocycles. The Balaban J connectivity index is 2.02. The first-order chi connectivity index (χ1) is 14.9. The highest BCUT2D eigenvalue weighted by atomic mass is 32.1. The van der Waals surface area contributed by atoms with E-state index in [1.54, 1.807) is 13.8 Å². The Bertz CT molecular complexity index is 926. The van der Waals surface area contributed by atoms with E-state index in [9.17, 15) is 9.59 Å². The van der Waals surface area contributed by atoms with Crippen LogP contribution in [0.4, 0.5) is 5.69 Å². The molecule has 0 bridgehead atoms. The van der Waals surface area contributed by atoms with E-state index in [0.29, 0.717) is 29.7 Å². The van der Waals surface area contributed by atoms with Crippen molar-refractivity contribution in [1.29, 1.82) is 0 Å². The Labute approximate surface area is 187 Å². The first-order valence-corrected chi connectivity index (χ1v) is 11.3. The Morgan fingerprint density at radius 3 is 2.71 bits per heavy atom. The van der Waals surface area contributed by atoms with E-state index in [0.717, 1.165) is 22.7 Å². The van der Waals surface area contributed by atoms with Gasteiger partial charge in [-0.3, -0.25) is 4.79 Å². The highest BCUT2D eigenvalue weighted by Gasteiger charge is 2.20. The van der Waals surface area contributed by atoms with E-state index in [1.807, 2.05) is 38.1 Å². The number of esters is 1. The molecule has 2 rings (SSSR count). The fraction of sp³-hybridized carbons (Fsp3) is 0.455. The molecule has 9 heteroatoms. The van der Waals surface area contributed by atoms with Gasteiger partial charge in [-0.15, -0.1) is 11.3 Å². The van der Waals surface area contributed by atoms with Crippen molar-refractivity contribution in [3.05, 3.63) is 45.4 Å². The third kappa shape index (κ3) is 7.36. The molecule has 1 aromatic carbocycles. The number of aryl methyl sites for hydroxylation is 2. The number of carbonyl (C=O) groups excluding carboxylic acids is 2. The molecule has 2 aromatic rings. The zero-order valence-corrected chi connectivity index (χ0v) is 19.6. The minimum Gasteiger partial charge on any atom is -0.462 e. The fourth-order valence-corrected chi connectivity index (χ4v) is 3.76. The molecule has 31 heavy (non-hydrogen) atoms. The lowest BCUT2D eigenvalue weighted by atomic mass is 10.1. The van der Waals surface area contributed by atoms with E-state index >= 15 is 0 Å². The number of hydrogen-bond donors (Lipinski definition) is 3. The number of nitrogens with zero attached hydrogens (tertiary/aromatic N) is 2. The van der Waals surface area contributed by atoms with Crippen LogP contribution in [0.3, 0.4) is 0 Å². The van der Waals surface area contributed by atoms with Gasteiger partial charge in [0.1, 0.15) is 16.4 Å². The topological polar surface area (TPSA) is 105 Å². The molecule has 3 N–H and O–H groups in total. The van der Waals surface area contributed by atoms with Crippen LogP contribution in [-0.4, -0.2) is 42.5 Å². The molecule has 0 spiro atoms. The number of thiazole rings is 1. The fourth-order valence-electron chi connectivity index (χ4n) is 2.80. The number of carbonyl (C=O) groups is 2. The molecular formula is C22H31N5O3S. The van der Waals surface area contributed by atoms with Crippen LogP contribution in [0.25, 0.3) is 0 Å². The Kier molecular flexibility index (Phi) is 9.45. The minimum atomic E-state index is -0.361. The molecule has 0 radical (unpaired) electrons. The number of guanidine groups is 1. The second-order valence-corrected chi connectivity index (χ2v) is 7.88. The van der Waals surface area contributed by atoms with E-state index < -0.39 is 0 Å². The van der Waals surface area contributed by atoms with Gasteiger partial charge in [0, 0.05) is 12.2 Å².